The van der Waals surface area contributed by atoms with E-state index in [1.807, 2.05) is 29.6 Å². The molecule has 2 aromatic heterocycles. The van der Waals surface area contributed by atoms with E-state index in [2.05, 4.69) is 18.8 Å². The van der Waals surface area contributed by atoms with Crippen LogP contribution in [-0.2, 0) is 6.54 Å². The van der Waals surface area contributed by atoms with Crippen LogP contribution in [0.4, 0.5) is 0 Å². The maximum atomic E-state index is 12.8. The first kappa shape index (κ1) is 17.7. The van der Waals surface area contributed by atoms with Gasteiger partial charge in [-0.25, -0.2) is 4.98 Å². The number of fused-ring (bicyclic) bond motifs is 1. The fourth-order valence-electron chi connectivity index (χ4n) is 4.22. The van der Waals surface area contributed by atoms with E-state index in [0.29, 0.717) is 10.4 Å². The van der Waals surface area contributed by atoms with Crippen molar-refractivity contribution in [2.45, 2.75) is 26.8 Å². The Kier molecular flexibility index (Phi) is 4.86. The van der Waals surface area contributed by atoms with Crippen molar-refractivity contribution in [2.24, 2.45) is 11.8 Å². The molecule has 1 fully saturated rings. The molecule has 0 bridgehead atoms. The topological polar surface area (TPSA) is 50.2 Å². The van der Waals surface area contributed by atoms with Gasteiger partial charge in [0.2, 0.25) is 0 Å². The molecule has 26 heavy (non-hydrogen) atoms. The van der Waals surface area contributed by atoms with Crippen molar-refractivity contribution in [1.82, 2.24) is 9.97 Å². The largest absolute Gasteiger partial charge is 0.328 e. The molecule has 1 aliphatic heterocycles. The van der Waals surface area contributed by atoms with Crippen molar-refractivity contribution in [3.8, 4) is 11.1 Å². The maximum absolute atomic E-state index is 12.8. The second kappa shape index (κ2) is 7.14. The lowest BCUT2D eigenvalue weighted by atomic mass is 9.92. The zero-order valence-electron chi connectivity index (χ0n) is 15.0. The number of likely N-dealkylation sites (tertiary alicyclic amines) is 1. The predicted octanol–water partition coefficient (Wildman–Crippen LogP) is 3.37. The Hall–Kier alpha value is -1.69. The van der Waals surface area contributed by atoms with E-state index in [-0.39, 0.29) is 5.56 Å². The first-order chi connectivity index (χ1) is 12.5. The minimum atomic E-state index is -0.0475. The molecule has 0 amide bonds. The number of thiophene rings is 1. The fraction of sp³-hybridized carbons (Fsp3) is 0.400. The molecule has 3 atom stereocenters. The van der Waals surface area contributed by atoms with E-state index < -0.39 is 0 Å². The highest BCUT2D eigenvalue weighted by atomic mass is 35.5. The Morgan fingerprint density at radius 3 is 2.62 bits per heavy atom. The molecule has 4 rings (SSSR count). The highest BCUT2D eigenvalue weighted by Gasteiger charge is 2.26. The molecule has 3 aromatic rings. The van der Waals surface area contributed by atoms with Gasteiger partial charge in [0.05, 0.1) is 18.5 Å². The summed E-state index contributed by atoms with van der Waals surface area (Å²) < 4.78 is 0. The lowest BCUT2D eigenvalue weighted by Gasteiger charge is -2.31. The quantitative estimate of drug-likeness (QED) is 0.722. The molecule has 0 radical (unpaired) electrons. The summed E-state index contributed by atoms with van der Waals surface area (Å²) in [5, 5.41) is 3.38. The summed E-state index contributed by atoms with van der Waals surface area (Å²) in [6, 6.07) is 7.58. The van der Waals surface area contributed by atoms with Crippen LogP contribution >= 0.6 is 22.9 Å². The molecule has 1 unspecified atom stereocenters. The molecule has 0 saturated carbocycles. The number of quaternary nitrogens is 1. The Morgan fingerprint density at radius 2 is 1.92 bits per heavy atom. The number of nitrogens with zero attached hydrogens (tertiary/aromatic N) is 1. The molecular weight excluding hydrogens is 366 g/mol. The molecular formula is C20H23ClN3OS+. The van der Waals surface area contributed by atoms with E-state index in [1.54, 1.807) is 0 Å². The maximum Gasteiger partial charge on any atom is 0.260 e. The first-order valence-electron chi connectivity index (χ1n) is 9.09. The van der Waals surface area contributed by atoms with Gasteiger partial charge in [-0.15, -0.1) is 11.3 Å². The van der Waals surface area contributed by atoms with Crippen LogP contribution in [0, 0.1) is 11.8 Å². The van der Waals surface area contributed by atoms with E-state index in [9.17, 15) is 4.79 Å². The van der Waals surface area contributed by atoms with Crippen LogP contribution in [0.15, 0.2) is 34.4 Å². The SMILES string of the molecule is C[C@@H]1C[C@H](C)C[NH+](Cc2nc3scc(-c4ccc(Cl)cc4)c3c(=O)[nH]2)C1. The van der Waals surface area contributed by atoms with Crippen molar-refractivity contribution < 1.29 is 4.90 Å². The van der Waals surface area contributed by atoms with E-state index in [4.69, 9.17) is 16.6 Å². The third-order valence-electron chi connectivity index (χ3n) is 5.14. The number of benzene rings is 1. The van der Waals surface area contributed by atoms with E-state index in [1.165, 1.54) is 22.7 Å². The van der Waals surface area contributed by atoms with Gasteiger partial charge in [0.25, 0.3) is 5.56 Å². The third-order valence-corrected chi connectivity index (χ3v) is 6.27. The molecule has 6 heteroatoms. The molecule has 1 aliphatic rings. The Morgan fingerprint density at radius 1 is 1.23 bits per heavy atom. The number of piperidine rings is 1. The minimum absolute atomic E-state index is 0.0475. The van der Waals surface area contributed by atoms with E-state index in [0.717, 1.165) is 53.3 Å². The van der Waals surface area contributed by atoms with E-state index >= 15 is 0 Å². The second-order valence-corrected chi connectivity index (χ2v) is 8.92. The number of aromatic nitrogens is 2. The number of aromatic amines is 1. The Balaban J connectivity index is 1.66. The molecule has 2 N–H and O–H groups in total. The van der Waals surface area contributed by atoms with Gasteiger partial charge in [-0.1, -0.05) is 37.6 Å². The minimum Gasteiger partial charge on any atom is -0.328 e. The standard InChI is InChI=1S/C20H22ClN3OS/c1-12-7-13(2)9-24(8-12)10-17-22-19(25)18-16(11-26-20(18)23-17)14-3-5-15(21)6-4-14/h3-6,11-13H,7-10H2,1-2H3,(H,22,23,25)/p+1/t12-,13+. The Labute approximate surface area is 161 Å². The molecule has 3 heterocycles. The summed E-state index contributed by atoms with van der Waals surface area (Å²) in [5.41, 5.74) is 1.87. The van der Waals surface area contributed by atoms with Gasteiger partial charge in [0.15, 0.2) is 5.82 Å². The number of rotatable bonds is 3. The molecule has 0 spiro atoms. The number of nitrogens with one attached hydrogen (secondary N) is 2. The molecule has 136 valence electrons. The average Bonchev–Trinajstić information content (AvgIpc) is 2.99. The number of H-pyrrole nitrogens is 1. The summed E-state index contributed by atoms with van der Waals surface area (Å²) in [4.78, 5) is 22.9. The van der Waals surface area contributed by atoms with Crippen LogP contribution < -0.4 is 10.5 Å². The Bertz CT molecular complexity index is 969. The van der Waals surface area contributed by atoms with Crippen molar-refractivity contribution in [3.05, 3.63) is 50.8 Å². The van der Waals surface area contributed by atoms with Gasteiger partial charge >= 0.3 is 0 Å². The summed E-state index contributed by atoms with van der Waals surface area (Å²) >= 11 is 7.51. The molecule has 4 nitrogen and oxygen atoms in total. The summed E-state index contributed by atoms with van der Waals surface area (Å²) in [6.45, 7) is 7.70. The smallest absolute Gasteiger partial charge is 0.260 e. The highest BCUT2D eigenvalue weighted by molar-refractivity contribution is 7.17. The number of halogens is 1. The van der Waals surface area contributed by atoms with Crippen molar-refractivity contribution in [1.29, 1.82) is 0 Å². The van der Waals surface area contributed by atoms with Gasteiger partial charge in [-0.05, 0) is 24.1 Å². The monoisotopic (exact) mass is 388 g/mol. The van der Waals surface area contributed by atoms with Gasteiger partial charge in [0.1, 0.15) is 11.4 Å². The lowest BCUT2D eigenvalue weighted by Crippen LogP contribution is -3.13. The van der Waals surface area contributed by atoms with Gasteiger partial charge < -0.3 is 9.88 Å². The first-order valence-corrected chi connectivity index (χ1v) is 10.3. The van der Waals surface area contributed by atoms with Gasteiger partial charge in [-0.2, -0.15) is 0 Å². The zero-order chi connectivity index (χ0) is 18.3. The van der Waals surface area contributed by atoms with Crippen molar-refractivity contribution >= 4 is 33.2 Å². The molecule has 1 aromatic carbocycles. The number of hydrogen-bond acceptors (Lipinski definition) is 3. The zero-order valence-corrected chi connectivity index (χ0v) is 16.6. The summed E-state index contributed by atoms with van der Waals surface area (Å²) in [6.07, 6.45) is 1.29. The van der Waals surface area contributed by atoms with Crippen LogP contribution in [-0.4, -0.2) is 23.1 Å². The second-order valence-electron chi connectivity index (χ2n) is 7.63. The van der Waals surface area contributed by atoms with Crippen LogP contribution in [0.3, 0.4) is 0 Å². The van der Waals surface area contributed by atoms with Gasteiger partial charge in [-0.3, -0.25) is 4.79 Å². The highest BCUT2D eigenvalue weighted by Crippen LogP contribution is 2.31. The van der Waals surface area contributed by atoms with Crippen LogP contribution in [0.2, 0.25) is 5.02 Å². The van der Waals surface area contributed by atoms with Crippen molar-refractivity contribution in [3.63, 3.8) is 0 Å². The third kappa shape index (κ3) is 3.56. The van der Waals surface area contributed by atoms with Crippen LogP contribution in [0.25, 0.3) is 21.3 Å². The molecule has 0 aliphatic carbocycles. The van der Waals surface area contributed by atoms with Gasteiger partial charge in [0, 0.05) is 27.8 Å². The van der Waals surface area contributed by atoms with Crippen LogP contribution in [0.5, 0.6) is 0 Å². The lowest BCUT2D eigenvalue weighted by molar-refractivity contribution is -0.926. The fourth-order valence-corrected chi connectivity index (χ4v) is 5.32. The summed E-state index contributed by atoms with van der Waals surface area (Å²) in [5.74, 6) is 2.24. The normalized spacial score (nSPS) is 23.4. The number of hydrogen-bond donors (Lipinski definition) is 2. The van der Waals surface area contributed by atoms with Crippen molar-refractivity contribution in [2.75, 3.05) is 13.1 Å². The van der Waals surface area contributed by atoms with Crippen LogP contribution in [0.1, 0.15) is 26.1 Å². The summed E-state index contributed by atoms with van der Waals surface area (Å²) in [7, 11) is 0. The predicted molar refractivity (Wildman–Crippen MR) is 108 cm³/mol. The average molecular weight is 389 g/mol. The molecule has 1 saturated heterocycles.